The largest absolute Gasteiger partial charge is 0.368 e. The summed E-state index contributed by atoms with van der Waals surface area (Å²) in [5.41, 5.74) is 9.50. The van der Waals surface area contributed by atoms with Crippen LogP contribution in [0.4, 0.5) is 11.8 Å². The van der Waals surface area contributed by atoms with Gasteiger partial charge < -0.3 is 11.2 Å². The number of hydrogen-bond acceptors (Lipinski definition) is 6. The van der Waals surface area contributed by atoms with Crippen molar-refractivity contribution in [3.8, 4) is 5.82 Å². The van der Waals surface area contributed by atoms with E-state index in [1.165, 1.54) is 0 Å². The average Bonchev–Trinajstić information content (AvgIpc) is 2.56. The molecule has 0 fully saturated rings. The molecule has 0 aliphatic carbocycles. The molecule has 0 bridgehead atoms. The van der Waals surface area contributed by atoms with Crippen LogP contribution in [0.2, 0.25) is 5.02 Å². The van der Waals surface area contributed by atoms with Crippen LogP contribution in [0.5, 0.6) is 0 Å². The summed E-state index contributed by atoms with van der Waals surface area (Å²) in [4.78, 5) is 7.97. The Hall–Kier alpha value is -1.86. The number of anilines is 2. The SMILES string of the molecule is Cc1nn(-c2cc(NN)nc(N)n2)c(C)c1Cl. The Kier molecular flexibility index (Phi) is 2.86. The van der Waals surface area contributed by atoms with Gasteiger partial charge in [0.25, 0.3) is 0 Å². The van der Waals surface area contributed by atoms with Gasteiger partial charge in [-0.05, 0) is 13.8 Å². The van der Waals surface area contributed by atoms with Gasteiger partial charge in [0.1, 0.15) is 5.82 Å². The number of nitrogens with two attached hydrogens (primary N) is 2. The van der Waals surface area contributed by atoms with Crippen molar-refractivity contribution >= 4 is 23.4 Å². The number of aromatic nitrogens is 4. The van der Waals surface area contributed by atoms with Crippen LogP contribution in [-0.4, -0.2) is 19.7 Å². The molecule has 0 aromatic carbocycles. The first-order valence-electron chi connectivity index (χ1n) is 4.86. The summed E-state index contributed by atoms with van der Waals surface area (Å²) in [6.07, 6.45) is 0. The highest BCUT2D eigenvalue weighted by Gasteiger charge is 2.12. The van der Waals surface area contributed by atoms with Crippen LogP contribution in [0.1, 0.15) is 11.4 Å². The molecule has 2 aromatic rings. The smallest absolute Gasteiger partial charge is 0.224 e. The third-order valence-corrected chi connectivity index (χ3v) is 2.84. The van der Waals surface area contributed by atoms with E-state index in [4.69, 9.17) is 23.2 Å². The van der Waals surface area contributed by atoms with E-state index in [1.54, 1.807) is 10.7 Å². The van der Waals surface area contributed by atoms with Crippen molar-refractivity contribution in [1.29, 1.82) is 0 Å². The molecule has 0 spiro atoms. The molecule has 0 saturated heterocycles. The quantitative estimate of drug-likeness (QED) is 0.540. The van der Waals surface area contributed by atoms with Gasteiger partial charge in [0.2, 0.25) is 5.95 Å². The van der Waals surface area contributed by atoms with E-state index in [2.05, 4.69) is 20.5 Å². The van der Waals surface area contributed by atoms with Gasteiger partial charge in [0.15, 0.2) is 5.82 Å². The maximum absolute atomic E-state index is 6.06. The lowest BCUT2D eigenvalue weighted by Crippen LogP contribution is -2.12. The van der Waals surface area contributed by atoms with Crippen molar-refractivity contribution in [1.82, 2.24) is 19.7 Å². The Labute approximate surface area is 103 Å². The van der Waals surface area contributed by atoms with Crippen molar-refractivity contribution in [2.24, 2.45) is 5.84 Å². The maximum atomic E-state index is 6.06. The number of hydrazine groups is 1. The minimum atomic E-state index is 0.110. The summed E-state index contributed by atoms with van der Waals surface area (Å²) >= 11 is 6.06. The Balaban J connectivity index is 2.59. The van der Waals surface area contributed by atoms with E-state index >= 15 is 0 Å². The van der Waals surface area contributed by atoms with Crippen molar-refractivity contribution < 1.29 is 0 Å². The lowest BCUT2D eigenvalue weighted by molar-refractivity contribution is 0.803. The summed E-state index contributed by atoms with van der Waals surface area (Å²) in [5, 5.41) is 4.87. The first kappa shape index (κ1) is 11.6. The van der Waals surface area contributed by atoms with Crippen molar-refractivity contribution in [3.63, 3.8) is 0 Å². The zero-order valence-electron chi connectivity index (χ0n) is 9.40. The van der Waals surface area contributed by atoms with Gasteiger partial charge in [-0.2, -0.15) is 15.1 Å². The van der Waals surface area contributed by atoms with Gasteiger partial charge in [0, 0.05) is 6.07 Å². The van der Waals surface area contributed by atoms with Gasteiger partial charge in [-0.25, -0.2) is 10.5 Å². The van der Waals surface area contributed by atoms with Crippen molar-refractivity contribution in [2.45, 2.75) is 13.8 Å². The molecule has 90 valence electrons. The highest BCUT2D eigenvalue weighted by molar-refractivity contribution is 6.31. The number of aryl methyl sites for hydroxylation is 1. The molecule has 0 atom stereocenters. The number of halogens is 1. The van der Waals surface area contributed by atoms with E-state index in [1.807, 2.05) is 13.8 Å². The van der Waals surface area contributed by atoms with Crippen LogP contribution >= 0.6 is 11.6 Å². The van der Waals surface area contributed by atoms with E-state index in [0.717, 1.165) is 11.4 Å². The zero-order chi connectivity index (χ0) is 12.6. The average molecular weight is 254 g/mol. The van der Waals surface area contributed by atoms with Gasteiger partial charge in [-0.1, -0.05) is 11.6 Å². The molecule has 0 aliphatic heterocycles. The Morgan fingerprint density at radius 1 is 1.35 bits per heavy atom. The molecule has 2 rings (SSSR count). The van der Waals surface area contributed by atoms with Crippen LogP contribution in [0.15, 0.2) is 6.07 Å². The van der Waals surface area contributed by atoms with Crippen LogP contribution < -0.4 is 17.0 Å². The molecule has 7 nitrogen and oxygen atoms in total. The number of nitrogens with zero attached hydrogens (tertiary/aromatic N) is 4. The minimum absolute atomic E-state index is 0.110. The fourth-order valence-electron chi connectivity index (χ4n) is 1.48. The van der Waals surface area contributed by atoms with Gasteiger partial charge in [0.05, 0.1) is 16.4 Å². The predicted molar refractivity (Wildman–Crippen MR) is 65.9 cm³/mol. The summed E-state index contributed by atoms with van der Waals surface area (Å²) in [6.45, 7) is 3.66. The molecule has 2 heterocycles. The molecule has 0 radical (unpaired) electrons. The lowest BCUT2D eigenvalue weighted by Gasteiger charge is -2.06. The molecule has 17 heavy (non-hydrogen) atoms. The molecule has 0 aliphatic rings. The first-order valence-corrected chi connectivity index (χ1v) is 5.24. The van der Waals surface area contributed by atoms with Gasteiger partial charge >= 0.3 is 0 Å². The third kappa shape index (κ3) is 2.02. The molecule has 0 saturated carbocycles. The molecule has 0 unspecified atom stereocenters. The van der Waals surface area contributed by atoms with E-state index in [-0.39, 0.29) is 5.95 Å². The minimum Gasteiger partial charge on any atom is -0.368 e. The monoisotopic (exact) mass is 253 g/mol. The maximum Gasteiger partial charge on any atom is 0.224 e. The second-order valence-corrected chi connectivity index (χ2v) is 3.89. The second-order valence-electron chi connectivity index (χ2n) is 3.51. The predicted octanol–water partition coefficient (Wildman–Crippen LogP) is 0.800. The second kappa shape index (κ2) is 4.19. The molecule has 8 heteroatoms. The summed E-state index contributed by atoms with van der Waals surface area (Å²) in [7, 11) is 0. The van der Waals surface area contributed by atoms with Crippen LogP contribution in [0.3, 0.4) is 0 Å². The number of nitrogen functional groups attached to an aromatic ring is 2. The number of rotatable bonds is 2. The fourth-order valence-corrected chi connectivity index (χ4v) is 1.60. The van der Waals surface area contributed by atoms with Crippen LogP contribution in [-0.2, 0) is 0 Å². The van der Waals surface area contributed by atoms with Crippen LogP contribution in [0, 0.1) is 13.8 Å². The number of nitrogens with one attached hydrogen (secondary N) is 1. The van der Waals surface area contributed by atoms with Crippen molar-refractivity contribution in [3.05, 3.63) is 22.5 Å². The van der Waals surface area contributed by atoms with Crippen LogP contribution in [0.25, 0.3) is 5.82 Å². The highest BCUT2D eigenvalue weighted by Crippen LogP contribution is 2.22. The standard InChI is InChI=1S/C9H12ClN7/c1-4-8(10)5(2)17(16-4)7-3-6(15-12)13-9(11)14-7/h3H,12H2,1-2H3,(H3,11,13,14,15). The third-order valence-electron chi connectivity index (χ3n) is 2.30. The summed E-state index contributed by atoms with van der Waals surface area (Å²) in [6, 6.07) is 1.63. The zero-order valence-corrected chi connectivity index (χ0v) is 10.2. The molecular weight excluding hydrogens is 242 g/mol. The Bertz CT molecular complexity index is 563. The summed E-state index contributed by atoms with van der Waals surface area (Å²) < 4.78 is 1.59. The van der Waals surface area contributed by atoms with Gasteiger partial charge in [-0.15, -0.1) is 0 Å². The fraction of sp³-hybridized carbons (Fsp3) is 0.222. The molecule has 0 amide bonds. The first-order chi connectivity index (χ1) is 8.02. The normalized spacial score (nSPS) is 10.6. The van der Waals surface area contributed by atoms with E-state index in [0.29, 0.717) is 16.7 Å². The molecule has 5 N–H and O–H groups in total. The van der Waals surface area contributed by atoms with E-state index < -0.39 is 0 Å². The Morgan fingerprint density at radius 2 is 2.06 bits per heavy atom. The number of hydrogen-bond donors (Lipinski definition) is 3. The molecular formula is C9H12ClN7. The summed E-state index contributed by atoms with van der Waals surface area (Å²) in [5.74, 6) is 6.32. The van der Waals surface area contributed by atoms with Gasteiger partial charge in [-0.3, -0.25) is 0 Å². The van der Waals surface area contributed by atoms with Crippen molar-refractivity contribution in [2.75, 3.05) is 11.2 Å². The highest BCUT2D eigenvalue weighted by atomic mass is 35.5. The topological polar surface area (TPSA) is 108 Å². The lowest BCUT2D eigenvalue weighted by atomic mass is 10.4. The van der Waals surface area contributed by atoms with E-state index in [9.17, 15) is 0 Å². The molecule has 2 aromatic heterocycles. The Morgan fingerprint density at radius 3 is 2.59 bits per heavy atom.